The van der Waals surface area contributed by atoms with Crippen LogP contribution in [0.1, 0.15) is 65.7 Å². The third-order valence-electron chi connectivity index (χ3n) is 4.05. The zero-order valence-corrected chi connectivity index (χ0v) is 12.6. The maximum absolute atomic E-state index is 5.68. The van der Waals surface area contributed by atoms with Crippen LogP contribution in [0.4, 0.5) is 0 Å². The van der Waals surface area contributed by atoms with Crippen LogP contribution in [0, 0.1) is 0 Å². The highest BCUT2D eigenvalue weighted by molar-refractivity contribution is 4.89. The van der Waals surface area contributed by atoms with E-state index in [1.165, 1.54) is 38.5 Å². The molecule has 0 amide bonds. The Morgan fingerprint density at radius 2 is 1.59 bits per heavy atom. The van der Waals surface area contributed by atoms with Gasteiger partial charge in [0.15, 0.2) is 0 Å². The predicted molar refractivity (Wildman–Crippen MR) is 76.9 cm³/mol. The van der Waals surface area contributed by atoms with E-state index in [2.05, 4.69) is 45.2 Å². The second kappa shape index (κ2) is 8.90. The smallest absolute Gasteiger partial charge is 0.0389 e. The normalized spacial score (nSPS) is 14.3. The molecule has 3 N–H and O–H groups in total. The van der Waals surface area contributed by atoms with Crippen molar-refractivity contribution in [1.82, 2.24) is 10.3 Å². The van der Waals surface area contributed by atoms with E-state index in [1.54, 1.807) is 0 Å². The van der Waals surface area contributed by atoms with Gasteiger partial charge in [-0.2, -0.15) is 0 Å². The molecule has 0 saturated heterocycles. The fourth-order valence-electron chi connectivity index (χ4n) is 2.08. The monoisotopic (exact) mass is 243 g/mol. The van der Waals surface area contributed by atoms with Gasteiger partial charge in [-0.05, 0) is 34.4 Å². The molecule has 0 aliphatic carbocycles. The van der Waals surface area contributed by atoms with Crippen LogP contribution < -0.4 is 11.3 Å². The number of likely N-dealkylation sites (N-methyl/N-ethyl adjacent to an activating group) is 1. The van der Waals surface area contributed by atoms with Crippen LogP contribution in [0.2, 0.25) is 0 Å². The first-order chi connectivity index (χ1) is 7.96. The van der Waals surface area contributed by atoms with E-state index in [9.17, 15) is 0 Å². The minimum absolute atomic E-state index is 0.109. The van der Waals surface area contributed by atoms with Crippen molar-refractivity contribution in [1.29, 1.82) is 0 Å². The predicted octanol–water partition coefficient (Wildman–Crippen LogP) is 2.91. The highest BCUT2D eigenvalue weighted by Crippen LogP contribution is 2.20. The van der Waals surface area contributed by atoms with Gasteiger partial charge in [0.25, 0.3) is 0 Å². The molecule has 0 aromatic carbocycles. The number of hydrogen-bond acceptors (Lipinski definition) is 3. The number of hydrogen-bond donors (Lipinski definition) is 2. The van der Waals surface area contributed by atoms with Crippen molar-refractivity contribution in [2.75, 3.05) is 14.1 Å². The summed E-state index contributed by atoms with van der Waals surface area (Å²) >= 11 is 0. The van der Waals surface area contributed by atoms with Gasteiger partial charge in [0.2, 0.25) is 0 Å². The minimum atomic E-state index is 0.109. The van der Waals surface area contributed by atoms with Crippen molar-refractivity contribution in [3.05, 3.63) is 0 Å². The summed E-state index contributed by atoms with van der Waals surface area (Å²) in [5.41, 5.74) is 3.09. The van der Waals surface area contributed by atoms with Crippen molar-refractivity contribution in [2.24, 2.45) is 5.84 Å². The summed E-state index contributed by atoms with van der Waals surface area (Å²) in [5.74, 6) is 5.68. The molecule has 0 heterocycles. The van der Waals surface area contributed by atoms with Crippen molar-refractivity contribution in [3.8, 4) is 0 Å². The standard InChI is InChI=1S/C14H33N3/c1-6-7-8-9-10-11-12-13(16-15)14(2,3)17(4)5/h13,16H,6-12,15H2,1-5H3. The van der Waals surface area contributed by atoms with E-state index in [1.807, 2.05) is 0 Å². The molecule has 0 rings (SSSR count). The number of nitrogens with one attached hydrogen (secondary N) is 1. The maximum Gasteiger partial charge on any atom is 0.0389 e. The van der Waals surface area contributed by atoms with E-state index < -0.39 is 0 Å². The largest absolute Gasteiger partial charge is 0.303 e. The summed E-state index contributed by atoms with van der Waals surface area (Å²) in [6.45, 7) is 6.75. The van der Waals surface area contributed by atoms with Crippen LogP contribution in [0.25, 0.3) is 0 Å². The highest BCUT2D eigenvalue weighted by Gasteiger charge is 2.30. The molecule has 0 saturated carbocycles. The van der Waals surface area contributed by atoms with Crippen molar-refractivity contribution in [2.45, 2.75) is 77.3 Å². The second-order valence-corrected chi connectivity index (χ2v) is 5.82. The fraction of sp³-hybridized carbons (Fsp3) is 1.00. The Bertz CT molecular complexity index is 178. The van der Waals surface area contributed by atoms with Crippen LogP contribution >= 0.6 is 0 Å². The van der Waals surface area contributed by atoms with E-state index in [-0.39, 0.29) is 5.54 Å². The maximum atomic E-state index is 5.68. The first-order valence-corrected chi connectivity index (χ1v) is 7.10. The third-order valence-corrected chi connectivity index (χ3v) is 4.05. The molecule has 0 bridgehead atoms. The van der Waals surface area contributed by atoms with E-state index in [0.29, 0.717) is 6.04 Å². The Balaban J connectivity index is 3.83. The molecule has 0 spiro atoms. The lowest BCUT2D eigenvalue weighted by atomic mass is 9.89. The van der Waals surface area contributed by atoms with Gasteiger partial charge in [0.1, 0.15) is 0 Å². The van der Waals surface area contributed by atoms with Crippen molar-refractivity contribution < 1.29 is 0 Å². The number of hydrazine groups is 1. The molecule has 1 unspecified atom stereocenters. The molecule has 0 radical (unpaired) electrons. The quantitative estimate of drug-likeness (QED) is 0.352. The second-order valence-electron chi connectivity index (χ2n) is 5.82. The molecule has 104 valence electrons. The van der Waals surface area contributed by atoms with Gasteiger partial charge in [-0.25, -0.2) is 0 Å². The molecule has 17 heavy (non-hydrogen) atoms. The minimum Gasteiger partial charge on any atom is -0.303 e. The van der Waals surface area contributed by atoms with E-state index in [0.717, 1.165) is 6.42 Å². The summed E-state index contributed by atoms with van der Waals surface area (Å²) < 4.78 is 0. The molecule has 0 aromatic rings. The van der Waals surface area contributed by atoms with Crippen molar-refractivity contribution >= 4 is 0 Å². The Morgan fingerprint density at radius 1 is 1.06 bits per heavy atom. The van der Waals surface area contributed by atoms with Gasteiger partial charge in [-0.3, -0.25) is 11.3 Å². The SMILES string of the molecule is CCCCCCCCC(NN)C(C)(C)N(C)C. The molecule has 3 nitrogen and oxygen atoms in total. The molecule has 0 aromatic heterocycles. The molecule has 0 fully saturated rings. The van der Waals surface area contributed by atoms with Gasteiger partial charge < -0.3 is 4.90 Å². The summed E-state index contributed by atoms with van der Waals surface area (Å²) in [6.07, 6.45) is 9.22. The summed E-state index contributed by atoms with van der Waals surface area (Å²) in [7, 11) is 4.23. The Morgan fingerprint density at radius 3 is 2.06 bits per heavy atom. The van der Waals surface area contributed by atoms with Gasteiger partial charge in [-0.15, -0.1) is 0 Å². The lowest BCUT2D eigenvalue weighted by Gasteiger charge is -2.40. The number of nitrogens with two attached hydrogens (primary N) is 1. The Labute approximate surface area is 108 Å². The van der Waals surface area contributed by atoms with Crippen LogP contribution in [-0.2, 0) is 0 Å². The first kappa shape index (κ1) is 16.9. The van der Waals surface area contributed by atoms with Crippen molar-refractivity contribution in [3.63, 3.8) is 0 Å². The average Bonchev–Trinajstić information content (AvgIpc) is 2.27. The molecule has 1 atom stereocenters. The topological polar surface area (TPSA) is 41.3 Å². The Hall–Kier alpha value is -0.120. The molecular formula is C14H33N3. The van der Waals surface area contributed by atoms with E-state index >= 15 is 0 Å². The third kappa shape index (κ3) is 6.39. The first-order valence-electron chi connectivity index (χ1n) is 7.10. The lowest BCUT2D eigenvalue weighted by Crippen LogP contribution is -2.57. The summed E-state index contributed by atoms with van der Waals surface area (Å²) in [5, 5.41) is 0. The zero-order valence-electron chi connectivity index (χ0n) is 12.6. The van der Waals surface area contributed by atoms with E-state index in [4.69, 9.17) is 5.84 Å². The van der Waals surface area contributed by atoms with Crippen LogP contribution in [0.3, 0.4) is 0 Å². The Kier molecular flexibility index (Phi) is 8.83. The van der Waals surface area contributed by atoms with Gasteiger partial charge in [0, 0.05) is 11.6 Å². The van der Waals surface area contributed by atoms with Gasteiger partial charge in [0.05, 0.1) is 0 Å². The molecule has 3 heteroatoms. The molecule has 0 aliphatic heterocycles. The molecular weight excluding hydrogens is 210 g/mol. The molecule has 0 aliphatic rings. The fourth-order valence-corrected chi connectivity index (χ4v) is 2.08. The highest BCUT2D eigenvalue weighted by atomic mass is 15.3. The summed E-state index contributed by atoms with van der Waals surface area (Å²) in [4.78, 5) is 2.24. The number of nitrogens with zero attached hydrogens (tertiary/aromatic N) is 1. The van der Waals surface area contributed by atoms with Crippen LogP contribution in [0.5, 0.6) is 0 Å². The number of rotatable bonds is 10. The van der Waals surface area contributed by atoms with Gasteiger partial charge in [-0.1, -0.05) is 45.4 Å². The number of unbranched alkanes of at least 4 members (excludes halogenated alkanes) is 5. The van der Waals surface area contributed by atoms with Crippen LogP contribution in [0.15, 0.2) is 0 Å². The zero-order chi connectivity index (χ0) is 13.3. The average molecular weight is 243 g/mol. The summed E-state index contributed by atoms with van der Waals surface area (Å²) in [6, 6.07) is 0.365. The van der Waals surface area contributed by atoms with Crippen LogP contribution in [-0.4, -0.2) is 30.6 Å². The lowest BCUT2D eigenvalue weighted by molar-refractivity contribution is 0.130. The van der Waals surface area contributed by atoms with Gasteiger partial charge >= 0.3 is 0 Å².